The molecule has 0 aliphatic heterocycles. The van der Waals surface area contributed by atoms with Crippen LogP contribution in [-0.2, 0) is 6.42 Å². The minimum absolute atomic E-state index is 0.251. The molecule has 0 aliphatic rings. The molecule has 0 saturated heterocycles. The van der Waals surface area contributed by atoms with Gasteiger partial charge in [-0.05, 0) is 32.4 Å². The Labute approximate surface area is 160 Å². The Bertz CT molecular complexity index is 1140. The van der Waals surface area contributed by atoms with E-state index in [2.05, 4.69) is 51.6 Å². The molecule has 0 bridgehead atoms. The summed E-state index contributed by atoms with van der Waals surface area (Å²) in [5.41, 5.74) is 5.25. The maximum Gasteiger partial charge on any atom is 0.262 e. The number of nitrogens with one attached hydrogen (secondary N) is 1. The van der Waals surface area contributed by atoms with Crippen LogP contribution in [0.25, 0.3) is 5.65 Å². The molecule has 0 unspecified atom stereocenters. The number of anilines is 1. The quantitative estimate of drug-likeness (QED) is 0.584. The number of aryl methyl sites for hydroxylation is 3. The van der Waals surface area contributed by atoms with Crippen molar-refractivity contribution in [2.24, 2.45) is 0 Å². The van der Waals surface area contributed by atoms with Crippen LogP contribution in [0, 0.1) is 20.8 Å². The van der Waals surface area contributed by atoms with E-state index in [1.54, 1.807) is 10.7 Å². The zero-order valence-corrected chi connectivity index (χ0v) is 16.2. The molecule has 4 aromatic rings. The summed E-state index contributed by atoms with van der Waals surface area (Å²) in [5.74, 6) is -0.251. The minimum atomic E-state index is -0.251. The second kappa shape index (κ2) is 6.92. The number of nitrogens with zero attached hydrogens (tertiary/aromatic N) is 4. The van der Waals surface area contributed by atoms with Crippen LogP contribution in [0.15, 0.2) is 42.7 Å². The summed E-state index contributed by atoms with van der Waals surface area (Å²) in [6.45, 7) is 5.92. The number of hydrogen-bond acceptors (Lipinski definition) is 5. The molecular weight excluding hydrogens is 358 g/mol. The Hall–Kier alpha value is -3.06. The monoisotopic (exact) mass is 377 g/mol. The molecular formula is C20H19N5OS. The number of thiazole rings is 1. The molecule has 3 aromatic heterocycles. The molecule has 0 radical (unpaired) electrons. The van der Waals surface area contributed by atoms with Crippen LogP contribution in [0.3, 0.4) is 0 Å². The molecule has 6 nitrogen and oxygen atoms in total. The molecule has 0 saturated carbocycles. The molecule has 1 N–H and O–H groups in total. The summed E-state index contributed by atoms with van der Waals surface area (Å²) < 4.78 is 1.67. The van der Waals surface area contributed by atoms with E-state index in [0.29, 0.717) is 16.3 Å². The molecule has 1 amide bonds. The highest BCUT2D eigenvalue weighted by Gasteiger charge is 2.17. The lowest BCUT2D eigenvalue weighted by molar-refractivity contribution is 0.102. The molecule has 136 valence electrons. The van der Waals surface area contributed by atoms with Crippen LogP contribution >= 0.6 is 11.3 Å². The lowest BCUT2D eigenvalue weighted by atomic mass is 10.1. The maximum absolute atomic E-state index is 12.7. The molecule has 0 aliphatic carbocycles. The van der Waals surface area contributed by atoms with Gasteiger partial charge in [-0.1, -0.05) is 29.8 Å². The predicted octanol–water partition coefficient (Wildman–Crippen LogP) is 3.95. The van der Waals surface area contributed by atoms with Crippen molar-refractivity contribution in [1.29, 1.82) is 0 Å². The van der Waals surface area contributed by atoms with E-state index >= 15 is 0 Å². The van der Waals surface area contributed by atoms with E-state index in [4.69, 9.17) is 0 Å². The first-order chi connectivity index (χ1) is 13.0. The molecule has 27 heavy (non-hydrogen) atoms. The Morgan fingerprint density at radius 1 is 1.19 bits per heavy atom. The highest BCUT2D eigenvalue weighted by molar-refractivity contribution is 7.15. The Morgan fingerprint density at radius 2 is 2.04 bits per heavy atom. The second-order valence-electron chi connectivity index (χ2n) is 6.58. The molecule has 1 aromatic carbocycles. The van der Waals surface area contributed by atoms with Crippen molar-refractivity contribution in [3.05, 3.63) is 75.7 Å². The van der Waals surface area contributed by atoms with E-state index in [-0.39, 0.29) is 5.91 Å². The first kappa shape index (κ1) is 17.4. The van der Waals surface area contributed by atoms with Crippen LogP contribution in [0.2, 0.25) is 0 Å². The number of aromatic nitrogens is 4. The summed E-state index contributed by atoms with van der Waals surface area (Å²) in [6, 6.07) is 10.3. The van der Waals surface area contributed by atoms with Gasteiger partial charge in [-0.3, -0.25) is 10.1 Å². The minimum Gasteiger partial charge on any atom is -0.298 e. The van der Waals surface area contributed by atoms with Gasteiger partial charge in [0.15, 0.2) is 10.8 Å². The fraction of sp³-hybridized carbons (Fsp3) is 0.200. The summed E-state index contributed by atoms with van der Waals surface area (Å²) in [6.07, 6.45) is 4.16. The molecule has 7 heteroatoms. The molecule has 3 heterocycles. The van der Waals surface area contributed by atoms with E-state index in [9.17, 15) is 4.79 Å². The van der Waals surface area contributed by atoms with Gasteiger partial charge in [0.1, 0.15) is 5.56 Å². The number of amides is 1. The van der Waals surface area contributed by atoms with Crippen molar-refractivity contribution in [3.63, 3.8) is 0 Å². The van der Waals surface area contributed by atoms with Gasteiger partial charge in [0, 0.05) is 28.9 Å². The number of hydrogen-bond donors (Lipinski definition) is 1. The van der Waals surface area contributed by atoms with Gasteiger partial charge >= 0.3 is 0 Å². The van der Waals surface area contributed by atoms with Crippen LogP contribution in [0.5, 0.6) is 0 Å². The zero-order chi connectivity index (χ0) is 19.0. The molecule has 4 rings (SSSR count). The van der Waals surface area contributed by atoms with E-state index in [0.717, 1.165) is 22.7 Å². The van der Waals surface area contributed by atoms with Crippen molar-refractivity contribution in [1.82, 2.24) is 19.6 Å². The van der Waals surface area contributed by atoms with Gasteiger partial charge in [0.2, 0.25) is 0 Å². The van der Waals surface area contributed by atoms with Gasteiger partial charge in [0.05, 0.1) is 6.20 Å². The van der Waals surface area contributed by atoms with Gasteiger partial charge in [-0.2, -0.15) is 5.10 Å². The Balaban J connectivity index is 1.53. The summed E-state index contributed by atoms with van der Waals surface area (Å²) in [4.78, 5) is 22.6. The van der Waals surface area contributed by atoms with Gasteiger partial charge < -0.3 is 0 Å². The lowest BCUT2D eigenvalue weighted by Crippen LogP contribution is -2.12. The zero-order valence-electron chi connectivity index (χ0n) is 15.4. The molecule has 0 spiro atoms. The van der Waals surface area contributed by atoms with Crippen molar-refractivity contribution in [3.8, 4) is 0 Å². The second-order valence-corrected chi connectivity index (χ2v) is 7.70. The smallest absolute Gasteiger partial charge is 0.262 e. The van der Waals surface area contributed by atoms with Crippen molar-refractivity contribution in [2.45, 2.75) is 27.2 Å². The van der Waals surface area contributed by atoms with Crippen molar-refractivity contribution >= 4 is 28.0 Å². The number of carbonyl (C=O) groups is 1. The topological polar surface area (TPSA) is 72.2 Å². The maximum atomic E-state index is 12.7. The average molecular weight is 377 g/mol. The fourth-order valence-corrected chi connectivity index (χ4v) is 3.91. The van der Waals surface area contributed by atoms with E-state index < -0.39 is 0 Å². The standard InChI is InChI=1S/C20H19N5OS/c1-12-5-4-6-15(7-12)9-16-10-21-20(27-16)24-19(26)17-11-22-25-14(3)8-13(2)23-18(17)25/h4-8,10-11H,9H2,1-3H3,(H,21,24,26). The first-order valence-electron chi connectivity index (χ1n) is 8.63. The van der Waals surface area contributed by atoms with Crippen molar-refractivity contribution < 1.29 is 4.79 Å². The largest absolute Gasteiger partial charge is 0.298 e. The third-order valence-electron chi connectivity index (χ3n) is 4.26. The first-order valence-corrected chi connectivity index (χ1v) is 9.45. The number of benzene rings is 1. The van der Waals surface area contributed by atoms with Crippen LogP contribution in [-0.4, -0.2) is 25.5 Å². The summed E-state index contributed by atoms with van der Waals surface area (Å²) in [7, 11) is 0. The normalized spacial score (nSPS) is 11.1. The number of rotatable bonds is 4. The summed E-state index contributed by atoms with van der Waals surface area (Å²) in [5, 5.41) is 7.71. The molecule has 0 fully saturated rings. The SMILES string of the molecule is Cc1cccc(Cc2cnc(NC(=O)c3cnn4c(C)cc(C)nc34)s2)c1. The highest BCUT2D eigenvalue weighted by Crippen LogP contribution is 2.23. The molecule has 0 atom stereocenters. The Morgan fingerprint density at radius 3 is 2.85 bits per heavy atom. The third kappa shape index (κ3) is 3.59. The van der Waals surface area contributed by atoms with Crippen LogP contribution < -0.4 is 5.32 Å². The van der Waals surface area contributed by atoms with Gasteiger partial charge in [-0.15, -0.1) is 11.3 Å². The lowest BCUT2D eigenvalue weighted by Gasteiger charge is -2.03. The van der Waals surface area contributed by atoms with Crippen LogP contribution in [0.1, 0.15) is 37.7 Å². The van der Waals surface area contributed by atoms with Gasteiger partial charge in [0.25, 0.3) is 5.91 Å². The number of carbonyl (C=O) groups excluding carboxylic acids is 1. The fourth-order valence-electron chi connectivity index (χ4n) is 3.07. The van der Waals surface area contributed by atoms with E-state index in [1.807, 2.05) is 26.1 Å². The summed E-state index contributed by atoms with van der Waals surface area (Å²) >= 11 is 1.48. The highest BCUT2D eigenvalue weighted by atomic mass is 32.1. The average Bonchev–Trinajstić information content (AvgIpc) is 3.22. The Kier molecular flexibility index (Phi) is 4.45. The van der Waals surface area contributed by atoms with E-state index in [1.165, 1.54) is 22.5 Å². The van der Waals surface area contributed by atoms with Crippen LogP contribution in [0.4, 0.5) is 5.13 Å². The predicted molar refractivity (Wildman–Crippen MR) is 107 cm³/mol. The van der Waals surface area contributed by atoms with Gasteiger partial charge in [-0.25, -0.2) is 14.5 Å². The third-order valence-corrected chi connectivity index (χ3v) is 5.17. The number of fused-ring (bicyclic) bond motifs is 1. The van der Waals surface area contributed by atoms with Crippen molar-refractivity contribution in [2.75, 3.05) is 5.32 Å².